The average molecular weight is 704 g/mol. The van der Waals surface area contributed by atoms with Crippen molar-refractivity contribution in [1.82, 2.24) is 4.31 Å². The number of rotatable bonds is 12. The molecule has 0 fully saturated rings. The molecule has 0 aliphatic rings. The van der Waals surface area contributed by atoms with Gasteiger partial charge in [-0.25, -0.2) is 25.3 Å². The Labute approximate surface area is 283 Å². The van der Waals surface area contributed by atoms with Gasteiger partial charge in [0.15, 0.2) is 0 Å². The molecule has 11 heteroatoms. The number of benzene rings is 5. The fraction of sp³-hybridized carbons (Fsp3) is 0.189. The molecule has 0 aliphatic heterocycles. The topological polar surface area (TPSA) is 115 Å². The lowest BCUT2D eigenvalue weighted by Gasteiger charge is -2.20. The number of hydrogen-bond donors (Lipinski definition) is 0. The zero-order valence-electron chi connectivity index (χ0n) is 27.1. The second-order valence-corrected chi connectivity index (χ2v) is 17.2. The Morgan fingerprint density at radius 3 is 1.35 bits per heavy atom. The van der Waals surface area contributed by atoms with Crippen molar-refractivity contribution >= 4 is 29.7 Å². The van der Waals surface area contributed by atoms with Gasteiger partial charge in [0.25, 0.3) is 0 Å². The standard InChI is InChI=1S/C37H37NO7S3/c1-5-38(6-2)48(43,44)37-26-30(10-9-28(37)4)25-29-11-19-34(20-12-29)47(41,42)36-23-15-32(16-24-36)45-31-13-21-35(22-14-31)46(39,40)33-17-7-27(3)8-18-33/h7-24,26H,5-6,25H2,1-4H3. The summed E-state index contributed by atoms with van der Waals surface area (Å²) in [7, 11) is -11.1. The van der Waals surface area contributed by atoms with E-state index < -0.39 is 29.7 Å². The zero-order chi connectivity index (χ0) is 34.7. The highest BCUT2D eigenvalue weighted by Gasteiger charge is 2.24. The maximum Gasteiger partial charge on any atom is 0.243 e. The lowest BCUT2D eigenvalue weighted by atomic mass is 10.0. The van der Waals surface area contributed by atoms with Crippen LogP contribution in [0.2, 0.25) is 0 Å². The molecule has 0 atom stereocenters. The average Bonchev–Trinajstić information content (AvgIpc) is 3.07. The van der Waals surface area contributed by atoms with Crippen LogP contribution in [0.5, 0.6) is 11.5 Å². The van der Waals surface area contributed by atoms with Crippen molar-refractivity contribution in [3.63, 3.8) is 0 Å². The predicted octanol–water partition coefficient (Wildman–Crippen LogP) is 7.38. The minimum Gasteiger partial charge on any atom is -0.457 e. The molecule has 0 amide bonds. The normalized spacial score (nSPS) is 12.3. The van der Waals surface area contributed by atoms with Gasteiger partial charge in [0, 0.05) is 13.1 Å². The molecule has 0 aromatic heterocycles. The SMILES string of the molecule is CCN(CC)S(=O)(=O)c1cc(Cc2ccc(S(=O)(=O)c3ccc(Oc4ccc(S(=O)(=O)c5ccc(C)cc5)cc4)cc3)cc2)ccc1C. The second kappa shape index (κ2) is 14.1. The van der Waals surface area contributed by atoms with Gasteiger partial charge in [-0.2, -0.15) is 4.31 Å². The smallest absolute Gasteiger partial charge is 0.243 e. The highest BCUT2D eigenvalue weighted by atomic mass is 32.2. The lowest BCUT2D eigenvalue weighted by molar-refractivity contribution is 0.444. The van der Waals surface area contributed by atoms with Crippen LogP contribution >= 0.6 is 0 Å². The van der Waals surface area contributed by atoms with Gasteiger partial charge < -0.3 is 4.74 Å². The predicted molar refractivity (Wildman–Crippen MR) is 186 cm³/mol. The van der Waals surface area contributed by atoms with Gasteiger partial charge in [-0.05, 0) is 116 Å². The lowest BCUT2D eigenvalue weighted by Crippen LogP contribution is -2.31. The number of sulfone groups is 2. The van der Waals surface area contributed by atoms with Crippen LogP contribution in [0, 0.1) is 13.8 Å². The largest absolute Gasteiger partial charge is 0.457 e. The summed E-state index contributed by atoms with van der Waals surface area (Å²) in [6.07, 6.45) is 0.437. The fourth-order valence-corrected chi connectivity index (χ4v) is 9.51. The molecule has 5 rings (SSSR count). The molecule has 0 saturated heterocycles. The Balaban J connectivity index is 1.26. The van der Waals surface area contributed by atoms with E-state index >= 15 is 0 Å². The molecule has 8 nitrogen and oxygen atoms in total. The van der Waals surface area contributed by atoms with E-state index in [1.807, 2.05) is 26.8 Å². The third-order valence-corrected chi connectivity index (χ3v) is 13.8. The van der Waals surface area contributed by atoms with E-state index in [4.69, 9.17) is 4.74 Å². The summed E-state index contributed by atoms with van der Waals surface area (Å²) in [5, 5.41) is 0. The van der Waals surface area contributed by atoms with Gasteiger partial charge in [0.05, 0.1) is 24.5 Å². The van der Waals surface area contributed by atoms with Crippen molar-refractivity contribution in [2.75, 3.05) is 13.1 Å². The Hall–Kier alpha value is -4.29. The van der Waals surface area contributed by atoms with Gasteiger partial charge >= 0.3 is 0 Å². The van der Waals surface area contributed by atoms with E-state index in [1.54, 1.807) is 91.9 Å². The van der Waals surface area contributed by atoms with Crippen molar-refractivity contribution < 1.29 is 30.0 Å². The van der Waals surface area contributed by atoms with Crippen LogP contribution < -0.4 is 4.74 Å². The first kappa shape index (κ1) is 35.0. The van der Waals surface area contributed by atoms with Crippen molar-refractivity contribution in [1.29, 1.82) is 0 Å². The van der Waals surface area contributed by atoms with E-state index in [9.17, 15) is 25.3 Å². The summed E-state index contributed by atoms with van der Waals surface area (Å²) in [6, 6.07) is 30.6. The van der Waals surface area contributed by atoms with Crippen LogP contribution in [-0.2, 0) is 36.1 Å². The van der Waals surface area contributed by atoms with Crippen LogP contribution in [0.25, 0.3) is 0 Å². The molecule has 0 unspecified atom stereocenters. The first-order valence-corrected chi connectivity index (χ1v) is 19.8. The Morgan fingerprint density at radius 2 is 0.917 bits per heavy atom. The zero-order valence-corrected chi connectivity index (χ0v) is 29.6. The van der Waals surface area contributed by atoms with E-state index in [1.165, 1.54) is 28.6 Å². The van der Waals surface area contributed by atoms with E-state index in [0.717, 1.165) is 16.7 Å². The molecule has 0 saturated carbocycles. The maximum absolute atomic E-state index is 13.4. The van der Waals surface area contributed by atoms with Crippen LogP contribution in [-0.4, -0.2) is 42.6 Å². The van der Waals surface area contributed by atoms with E-state index in [-0.39, 0.29) is 24.5 Å². The van der Waals surface area contributed by atoms with Gasteiger partial charge in [-0.3, -0.25) is 0 Å². The van der Waals surface area contributed by atoms with Crippen molar-refractivity contribution in [2.24, 2.45) is 0 Å². The molecule has 5 aromatic rings. The molecule has 0 heterocycles. The van der Waals surface area contributed by atoms with Crippen LogP contribution in [0.3, 0.4) is 0 Å². The first-order chi connectivity index (χ1) is 22.7. The quantitative estimate of drug-likeness (QED) is 0.133. The van der Waals surface area contributed by atoms with Crippen molar-refractivity contribution in [3.05, 3.63) is 138 Å². The molecule has 0 aliphatic carbocycles. The van der Waals surface area contributed by atoms with Gasteiger partial charge in [0.2, 0.25) is 29.7 Å². The van der Waals surface area contributed by atoms with Crippen molar-refractivity contribution in [3.8, 4) is 11.5 Å². The molecular weight excluding hydrogens is 667 g/mol. The number of hydrogen-bond acceptors (Lipinski definition) is 7. The molecule has 48 heavy (non-hydrogen) atoms. The Kier molecular flexibility index (Phi) is 10.3. The van der Waals surface area contributed by atoms with Crippen LogP contribution in [0.1, 0.15) is 36.1 Å². The molecule has 0 bridgehead atoms. The third-order valence-electron chi connectivity index (χ3n) is 8.05. The third kappa shape index (κ3) is 7.39. The molecule has 0 radical (unpaired) electrons. The number of ether oxygens (including phenoxy) is 1. The summed E-state index contributed by atoms with van der Waals surface area (Å²) in [5.74, 6) is 0.786. The van der Waals surface area contributed by atoms with Gasteiger partial charge in [-0.1, -0.05) is 55.8 Å². The van der Waals surface area contributed by atoms with Crippen molar-refractivity contribution in [2.45, 2.75) is 58.6 Å². The summed E-state index contributed by atoms with van der Waals surface area (Å²) < 4.78 is 86.2. The van der Waals surface area contributed by atoms with Gasteiger partial charge in [-0.15, -0.1) is 0 Å². The minimum absolute atomic E-state index is 0.0897. The molecule has 250 valence electrons. The Morgan fingerprint density at radius 1 is 0.521 bits per heavy atom. The first-order valence-electron chi connectivity index (χ1n) is 15.4. The van der Waals surface area contributed by atoms with E-state index in [0.29, 0.717) is 36.6 Å². The molecule has 0 N–H and O–H groups in total. The summed E-state index contributed by atoms with van der Waals surface area (Å²) in [5.41, 5.74) is 3.28. The van der Waals surface area contributed by atoms with Crippen LogP contribution in [0.4, 0.5) is 0 Å². The summed E-state index contributed by atoms with van der Waals surface area (Å²) >= 11 is 0. The van der Waals surface area contributed by atoms with E-state index in [2.05, 4.69) is 0 Å². The molecule has 0 spiro atoms. The molecule has 5 aromatic carbocycles. The maximum atomic E-state index is 13.4. The number of nitrogens with zero attached hydrogens (tertiary/aromatic N) is 1. The Bertz CT molecular complexity index is 2230. The number of sulfonamides is 1. The second-order valence-electron chi connectivity index (χ2n) is 11.4. The fourth-order valence-electron chi connectivity index (χ4n) is 5.26. The minimum atomic E-state index is -3.82. The highest BCUT2D eigenvalue weighted by Crippen LogP contribution is 2.29. The van der Waals surface area contributed by atoms with Crippen LogP contribution in [0.15, 0.2) is 140 Å². The summed E-state index contributed by atoms with van der Waals surface area (Å²) in [6.45, 7) is 8.04. The monoisotopic (exact) mass is 703 g/mol. The highest BCUT2D eigenvalue weighted by molar-refractivity contribution is 7.91. The summed E-state index contributed by atoms with van der Waals surface area (Å²) in [4.78, 5) is 0.833. The van der Waals surface area contributed by atoms with Gasteiger partial charge in [0.1, 0.15) is 11.5 Å². The number of aryl methyl sites for hydroxylation is 2. The molecular formula is C37H37NO7S3.